The van der Waals surface area contributed by atoms with Crippen molar-refractivity contribution in [2.45, 2.75) is 70.0 Å². The number of esters is 1. The molecular weight excluding hydrogens is 312 g/mol. The summed E-state index contributed by atoms with van der Waals surface area (Å²) in [5, 5.41) is 29.1. The molecule has 0 unspecified atom stereocenters. The summed E-state index contributed by atoms with van der Waals surface area (Å²) in [6.45, 7) is -3.46. The fraction of sp³-hybridized carbons (Fsp3) is 0.667. The summed E-state index contributed by atoms with van der Waals surface area (Å²) in [6, 6.07) is 0. The number of hydrogen-bond acceptors (Lipinski definition) is 5. The molecule has 0 saturated carbocycles. The molecule has 1 saturated heterocycles. The zero-order chi connectivity index (χ0) is 25.8. The minimum Gasteiger partial charge on any atom is -0.481 e. The minimum absolute atomic E-state index is 0.134. The van der Waals surface area contributed by atoms with Crippen molar-refractivity contribution >= 4 is 11.9 Å². The number of aliphatic hydroxyl groups is 2. The van der Waals surface area contributed by atoms with Gasteiger partial charge in [0.2, 0.25) is 0 Å². The second kappa shape index (κ2) is 11.0. The van der Waals surface area contributed by atoms with Crippen molar-refractivity contribution in [2.24, 2.45) is 5.92 Å². The number of aliphatic hydroxyl groups excluding tert-OH is 2. The number of aliphatic carboxylic acids is 1. The molecule has 0 bridgehead atoms. The largest absolute Gasteiger partial charge is 0.481 e. The van der Waals surface area contributed by atoms with Gasteiger partial charge in [-0.3, -0.25) is 9.59 Å². The van der Waals surface area contributed by atoms with E-state index < -0.39 is 68.6 Å². The first-order chi connectivity index (χ1) is 14.8. The number of carbonyl (C=O) groups is 2. The Morgan fingerprint density at radius 3 is 3.00 bits per heavy atom. The maximum Gasteiger partial charge on any atom is 0.309 e. The van der Waals surface area contributed by atoms with Gasteiger partial charge < -0.3 is 20.1 Å². The molecule has 1 heterocycles. The number of ether oxygens (including phenoxy) is 1. The molecule has 0 amide bonds. The summed E-state index contributed by atoms with van der Waals surface area (Å²) >= 11 is 0. The number of carboxylic acid groups (broad SMARTS) is 1. The number of hydrogen-bond donors (Lipinski definition) is 3. The van der Waals surface area contributed by atoms with E-state index in [2.05, 4.69) is 0 Å². The normalized spacial score (nSPS) is 33.8. The highest BCUT2D eigenvalue weighted by atomic mass is 16.5. The first-order valence-electron chi connectivity index (χ1n) is 11.9. The molecule has 1 rings (SSSR count). The van der Waals surface area contributed by atoms with Crippen LogP contribution in [0.5, 0.6) is 0 Å². The first kappa shape index (κ1) is 10.4. The van der Waals surface area contributed by atoms with Crippen molar-refractivity contribution in [3.05, 3.63) is 24.3 Å². The van der Waals surface area contributed by atoms with Crippen LogP contribution in [0.4, 0.5) is 0 Å². The van der Waals surface area contributed by atoms with Crippen molar-refractivity contribution in [1.29, 1.82) is 0 Å². The van der Waals surface area contributed by atoms with Crippen molar-refractivity contribution < 1.29 is 42.0 Å². The third kappa shape index (κ3) is 7.75. The van der Waals surface area contributed by atoms with Gasteiger partial charge in [-0.25, -0.2) is 0 Å². The van der Waals surface area contributed by atoms with E-state index >= 15 is 0 Å². The molecule has 1 fully saturated rings. The van der Waals surface area contributed by atoms with Crippen LogP contribution in [0.15, 0.2) is 24.3 Å². The van der Waals surface area contributed by atoms with Gasteiger partial charge in [0.1, 0.15) is 6.10 Å². The van der Waals surface area contributed by atoms with Crippen LogP contribution in [-0.4, -0.2) is 45.6 Å². The Kier molecular flexibility index (Phi) is 4.74. The fourth-order valence-electron chi connectivity index (χ4n) is 2.24. The summed E-state index contributed by atoms with van der Waals surface area (Å²) < 4.78 is 73.2. The summed E-state index contributed by atoms with van der Waals surface area (Å²) in [6.07, 6.45) is -10.4. The molecule has 24 heavy (non-hydrogen) atoms. The van der Waals surface area contributed by atoms with Crippen LogP contribution in [0.1, 0.15) is 64.0 Å². The highest BCUT2D eigenvalue weighted by molar-refractivity contribution is 5.71. The third-order valence-corrected chi connectivity index (χ3v) is 3.41. The van der Waals surface area contributed by atoms with E-state index in [4.69, 9.17) is 22.2 Å². The molecule has 136 valence electrons. The van der Waals surface area contributed by atoms with Gasteiger partial charge in [0, 0.05) is 18.3 Å². The Morgan fingerprint density at radius 2 is 2.29 bits per heavy atom. The lowest BCUT2D eigenvalue weighted by molar-refractivity contribution is -0.163. The maximum atomic E-state index is 11.7. The molecule has 3 N–H and O–H groups in total. The van der Waals surface area contributed by atoms with Gasteiger partial charge in [-0.05, 0) is 18.9 Å². The van der Waals surface area contributed by atoms with Crippen molar-refractivity contribution in [2.75, 3.05) is 0 Å². The molecule has 1 aliphatic rings. The number of allylic oxidation sites excluding steroid dienone is 1. The van der Waals surface area contributed by atoms with E-state index in [-0.39, 0.29) is 19.3 Å². The van der Waals surface area contributed by atoms with E-state index in [9.17, 15) is 19.8 Å². The molecule has 0 radical (unpaired) electrons. The van der Waals surface area contributed by atoms with Gasteiger partial charge in [0.05, 0.1) is 25.0 Å². The highest BCUT2D eigenvalue weighted by Gasteiger charge is 2.35. The molecule has 4 atom stereocenters. The van der Waals surface area contributed by atoms with Crippen molar-refractivity contribution in [1.82, 2.24) is 0 Å². The maximum absolute atomic E-state index is 11.7. The van der Waals surface area contributed by atoms with Gasteiger partial charge >= 0.3 is 11.9 Å². The van der Waals surface area contributed by atoms with E-state index in [1.807, 2.05) is 0 Å². The Hall–Kier alpha value is -1.66. The Morgan fingerprint density at radius 1 is 1.50 bits per heavy atom. The molecule has 0 aromatic rings. The summed E-state index contributed by atoms with van der Waals surface area (Å²) in [5.41, 5.74) is 0. The fourth-order valence-corrected chi connectivity index (χ4v) is 2.24. The topological polar surface area (TPSA) is 104 Å². The SMILES string of the molecule is [2H]C([2H])([2H])C([2H])([2H])C([2H])([2H])C([2H])([2H])C[C@H](O)/C=C/[C@H]1OC(=O)C[C@H](O)[C@@H]1C/C=C\CC(=O)O. The quantitative estimate of drug-likeness (QED) is 0.412. The van der Waals surface area contributed by atoms with E-state index in [1.54, 1.807) is 0 Å². The molecule has 1 aliphatic heterocycles. The average molecular weight is 349 g/mol. The predicted molar refractivity (Wildman–Crippen MR) is 89.3 cm³/mol. The van der Waals surface area contributed by atoms with E-state index in [0.29, 0.717) is 0 Å². The van der Waals surface area contributed by atoms with E-state index in [1.165, 1.54) is 18.2 Å². The molecule has 0 spiro atoms. The average Bonchev–Trinajstić information content (AvgIpc) is 2.62. The number of carboxylic acids is 1. The lowest BCUT2D eigenvalue weighted by Crippen LogP contribution is -2.41. The minimum atomic E-state index is -3.55. The molecular formula is C18H28O6. The third-order valence-electron chi connectivity index (χ3n) is 3.41. The Labute approximate surface area is 155 Å². The van der Waals surface area contributed by atoms with Crippen molar-refractivity contribution in [3.63, 3.8) is 0 Å². The summed E-state index contributed by atoms with van der Waals surface area (Å²) in [4.78, 5) is 22.3. The van der Waals surface area contributed by atoms with Crippen LogP contribution >= 0.6 is 0 Å². The molecule has 6 nitrogen and oxygen atoms in total. The van der Waals surface area contributed by atoms with Crippen LogP contribution in [0, 0.1) is 5.92 Å². The van der Waals surface area contributed by atoms with Gasteiger partial charge in [0.15, 0.2) is 0 Å². The van der Waals surface area contributed by atoms with Crippen LogP contribution < -0.4 is 0 Å². The van der Waals surface area contributed by atoms with Gasteiger partial charge in [-0.15, -0.1) is 0 Å². The van der Waals surface area contributed by atoms with Gasteiger partial charge in [0.25, 0.3) is 0 Å². The van der Waals surface area contributed by atoms with Crippen LogP contribution in [0.25, 0.3) is 0 Å². The second-order valence-corrected chi connectivity index (χ2v) is 5.28. The Bertz CT molecular complexity index is 763. The smallest absolute Gasteiger partial charge is 0.309 e. The van der Waals surface area contributed by atoms with Gasteiger partial charge in [-0.1, -0.05) is 44.2 Å². The first-order valence-corrected chi connectivity index (χ1v) is 7.44. The van der Waals surface area contributed by atoms with Crippen LogP contribution in [0.2, 0.25) is 0 Å². The highest BCUT2D eigenvalue weighted by Crippen LogP contribution is 2.27. The second-order valence-electron chi connectivity index (χ2n) is 5.28. The molecule has 6 heteroatoms. The van der Waals surface area contributed by atoms with Crippen molar-refractivity contribution in [3.8, 4) is 0 Å². The molecule has 0 aromatic heterocycles. The van der Waals surface area contributed by atoms with E-state index in [0.717, 1.165) is 6.08 Å². The standard InChI is InChI=1S/C18H28O6/c1-2-3-4-7-13(19)10-11-16-14(8-5-6-9-17(21)22)15(20)12-18(23)24-16/h5-6,10-11,13-16,19-20H,2-4,7-9,12H2,1H3,(H,21,22)/b6-5-,11-10+/t13-,14-,15-,16+/m0/s1/i1D3,2D2,3D2,4D2. The Balaban J connectivity index is 2.97. The zero-order valence-corrected chi connectivity index (χ0v) is 13.0. The lowest BCUT2D eigenvalue weighted by atomic mass is 9.87. The molecule has 0 aromatic carbocycles. The monoisotopic (exact) mass is 349 g/mol. The van der Waals surface area contributed by atoms with Crippen LogP contribution in [-0.2, 0) is 14.3 Å². The van der Waals surface area contributed by atoms with Gasteiger partial charge in [-0.2, -0.15) is 0 Å². The predicted octanol–water partition coefficient (Wildman–Crippen LogP) is 2.20. The number of cyclic esters (lactones) is 1. The number of carbonyl (C=O) groups excluding carboxylic acids is 1. The molecule has 0 aliphatic carbocycles. The summed E-state index contributed by atoms with van der Waals surface area (Å²) in [7, 11) is 0. The lowest BCUT2D eigenvalue weighted by Gasteiger charge is -2.32. The number of rotatable bonds is 10. The summed E-state index contributed by atoms with van der Waals surface area (Å²) in [5.74, 6) is -2.47. The van der Waals surface area contributed by atoms with Crippen LogP contribution in [0.3, 0.4) is 0 Å². The zero-order valence-electron chi connectivity index (χ0n) is 22.0.